The van der Waals surface area contributed by atoms with Gasteiger partial charge in [-0.2, -0.15) is 0 Å². The Morgan fingerprint density at radius 3 is 2.39 bits per heavy atom. The lowest BCUT2D eigenvalue weighted by molar-refractivity contribution is 0.0945. The summed E-state index contributed by atoms with van der Waals surface area (Å²) >= 11 is 0. The van der Waals surface area contributed by atoms with E-state index >= 15 is 0 Å². The van der Waals surface area contributed by atoms with Crippen LogP contribution >= 0.6 is 0 Å². The Morgan fingerprint density at radius 1 is 0.972 bits per heavy atom. The molecular formula is C29H31N3O4. The number of nitrogens with one attached hydrogen (secondary N) is 1. The molecule has 36 heavy (non-hydrogen) atoms. The summed E-state index contributed by atoms with van der Waals surface area (Å²) in [4.78, 5) is 19.3. The maximum absolute atomic E-state index is 12.6. The third-order valence-corrected chi connectivity index (χ3v) is 6.12. The van der Waals surface area contributed by atoms with Gasteiger partial charge in [-0.15, -0.1) is 0 Å². The average Bonchev–Trinajstić information content (AvgIpc) is 3.41. The predicted octanol–water partition coefficient (Wildman–Crippen LogP) is 5.39. The maximum atomic E-state index is 12.6. The van der Waals surface area contributed by atoms with Gasteiger partial charge in [-0.25, -0.2) is 4.98 Å². The molecule has 186 valence electrons. The topological polar surface area (TPSA) is 76.8 Å². The number of oxazole rings is 1. The number of amides is 1. The standard InChI is InChI=1S/C29H31N3O4/c1-21(23-12-8-5-9-13-23)32(18-24-14-15-25(34-2)16-27(24)35-3)19-28-31-26(20-36-28)29(33)30-17-22-10-6-4-7-11-22/h4-16,20-21H,17-19H2,1-3H3,(H,30,33). The molecule has 0 fully saturated rings. The number of carbonyl (C=O) groups excluding carboxylic acids is 1. The molecular weight excluding hydrogens is 454 g/mol. The van der Waals surface area contributed by atoms with E-state index in [1.54, 1.807) is 14.2 Å². The largest absolute Gasteiger partial charge is 0.497 e. The van der Waals surface area contributed by atoms with E-state index in [9.17, 15) is 4.79 Å². The fraction of sp³-hybridized carbons (Fsp3) is 0.241. The number of ether oxygens (including phenoxy) is 2. The van der Waals surface area contributed by atoms with Crippen molar-refractivity contribution in [3.63, 3.8) is 0 Å². The van der Waals surface area contributed by atoms with Gasteiger partial charge in [0.2, 0.25) is 5.89 Å². The minimum atomic E-state index is -0.270. The van der Waals surface area contributed by atoms with Gasteiger partial charge in [0.05, 0.1) is 20.8 Å². The van der Waals surface area contributed by atoms with Crippen LogP contribution in [0.25, 0.3) is 0 Å². The van der Waals surface area contributed by atoms with Crippen molar-refractivity contribution in [2.75, 3.05) is 14.2 Å². The van der Waals surface area contributed by atoms with Gasteiger partial charge in [0.25, 0.3) is 5.91 Å². The smallest absolute Gasteiger partial charge is 0.273 e. The lowest BCUT2D eigenvalue weighted by atomic mass is 10.1. The van der Waals surface area contributed by atoms with Gasteiger partial charge in [-0.3, -0.25) is 9.69 Å². The highest BCUT2D eigenvalue weighted by atomic mass is 16.5. The second kappa shape index (κ2) is 12.0. The molecule has 1 N–H and O–H groups in total. The van der Waals surface area contributed by atoms with E-state index in [2.05, 4.69) is 34.3 Å². The van der Waals surface area contributed by atoms with E-state index in [0.717, 1.165) is 28.2 Å². The van der Waals surface area contributed by atoms with Crippen molar-refractivity contribution in [2.24, 2.45) is 0 Å². The van der Waals surface area contributed by atoms with Gasteiger partial charge in [-0.1, -0.05) is 66.7 Å². The molecule has 3 aromatic carbocycles. The molecule has 1 heterocycles. The predicted molar refractivity (Wildman–Crippen MR) is 138 cm³/mol. The number of carbonyl (C=O) groups is 1. The van der Waals surface area contributed by atoms with Gasteiger partial charge in [0.1, 0.15) is 17.8 Å². The quantitative estimate of drug-likeness (QED) is 0.307. The summed E-state index contributed by atoms with van der Waals surface area (Å²) in [7, 11) is 3.28. The first kappa shape index (κ1) is 25.0. The van der Waals surface area contributed by atoms with Gasteiger partial charge in [-0.05, 0) is 24.1 Å². The van der Waals surface area contributed by atoms with Crippen LogP contribution in [0.5, 0.6) is 11.5 Å². The Bertz CT molecular complexity index is 1260. The van der Waals surface area contributed by atoms with Crippen molar-refractivity contribution in [3.8, 4) is 11.5 Å². The molecule has 0 aliphatic heterocycles. The van der Waals surface area contributed by atoms with Gasteiger partial charge < -0.3 is 19.2 Å². The molecule has 7 nitrogen and oxygen atoms in total. The van der Waals surface area contributed by atoms with Gasteiger partial charge in [0.15, 0.2) is 5.69 Å². The van der Waals surface area contributed by atoms with Crippen LogP contribution in [0.1, 0.15) is 46.0 Å². The number of hydrogen-bond donors (Lipinski definition) is 1. The van der Waals surface area contributed by atoms with E-state index in [4.69, 9.17) is 13.9 Å². The van der Waals surface area contributed by atoms with E-state index in [1.807, 2.05) is 66.7 Å². The normalized spacial score (nSPS) is 11.8. The van der Waals surface area contributed by atoms with E-state index in [1.165, 1.54) is 6.26 Å². The molecule has 0 radical (unpaired) electrons. The lowest BCUT2D eigenvalue weighted by Crippen LogP contribution is -2.27. The summed E-state index contributed by atoms with van der Waals surface area (Å²) < 4.78 is 16.7. The monoisotopic (exact) mass is 485 g/mol. The molecule has 1 atom stereocenters. The molecule has 1 amide bonds. The molecule has 0 aliphatic carbocycles. The Hall–Kier alpha value is -4.10. The first-order valence-electron chi connectivity index (χ1n) is 11.8. The highest BCUT2D eigenvalue weighted by molar-refractivity contribution is 5.91. The second-order valence-electron chi connectivity index (χ2n) is 8.46. The highest BCUT2D eigenvalue weighted by Crippen LogP contribution is 2.30. The Morgan fingerprint density at radius 2 is 1.69 bits per heavy atom. The maximum Gasteiger partial charge on any atom is 0.273 e. The molecule has 1 aromatic heterocycles. The molecule has 0 saturated heterocycles. The van der Waals surface area contributed by atoms with Crippen molar-refractivity contribution in [3.05, 3.63) is 113 Å². The Kier molecular flexibility index (Phi) is 8.36. The first-order valence-corrected chi connectivity index (χ1v) is 11.8. The summed E-state index contributed by atoms with van der Waals surface area (Å²) in [6.07, 6.45) is 1.41. The van der Waals surface area contributed by atoms with Crippen molar-refractivity contribution in [2.45, 2.75) is 32.6 Å². The molecule has 4 aromatic rings. The number of rotatable bonds is 11. The number of methoxy groups -OCH3 is 2. The second-order valence-corrected chi connectivity index (χ2v) is 8.46. The van der Waals surface area contributed by atoms with Crippen LogP contribution in [0.15, 0.2) is 89.5 Å². The molecule has 1 unspecified atom stereocenters. The third kappa shape index (κ3) is 6.31. The number of benzene rings is 3. The van der Waals surface area contributed by atoms with E-state index in [-0.39, 0.29) is 17.6 Å². The third-order valence-electron chi connectivity index (χ3n) is 6.12. The van der Waals surface area contributed by atoms with Crippen LogP contribution in [0, 0.1) is 0 Å². The van der Waals surface area contributed by atoms with Crippen LogP contribution in [0.2, 0.25) is 0 Å². The summed E-state index contributed by atoms with van der Waals surface area (Å²) in [5.41, 5.74) is 3.45. The van der Waals surface area contributed by atoms with Crippen LogP contribution in [0.3, 0.4) is 0 Å². The fourth-order valence-corrected chi connectivity index (χ4v) is 4.00. The summed E-state index contributed by atoms with van der Waals surface area (Å²) in [6, 6.07) is 25.9. The molecule has 7 heteroatoms. The van der Waals surface area contributed by atoms with Gasteiger partial charge >= 0.3 is 0 Å². The Labute approximate surface area is 211 Å². The van der Waals surface area contributed by atoms with Crippen LogP contribution in [0.4, 0.5) is 0 Å². The fourth-order valence-electron chi connectivity index (χ4n) is 4.00. The minimum absolute atomic E-state index is 0.0558. The summed E-state index contributed by atoms with van der Waals surface area (Å²) in [5.74, 6) is 1.67. The minimum Gasteiger partial charge on any atom is -0.497 e. The van der Waals surface area contributed by atoms with E-state index in [0.29, 0.717) is 25.5 Å². The van der Waals surface area contributed by atoms with E-state index < -0.39 is 0 Å². The van der Waals surface area contributed by atoms with Crippen LogP contribution < -0.4 is 14.8 Å². The number of aromatic nitrogens is 1. The van der Waals surface area contributed by atoms with Crippen molar-refractivity contribution in [1.29, 1.82) is 0 Å². The molecule has 0 spiro atoms. The zero-order chi connectivity index (χ0) is 25.3. The van der Waals surface area contributed by atoms with Crippen LogP contribution in [-0.4, -0.2) is 30.0 Å². The van der Waals surface area contributed by atoms with Crippen molar-refractivity contribution >= 4 is 5.91 Å². The molecule has 0 saturated carbocycles. The van der Waals surface area contributed by atoms with Gasteiger partial charge in [0, 0.05) is 30.8 Å². The Balaban J connectivity index is 1.52. The highest BCUT2D eigenvalue weighted by Gasteiger charge is 2.22. The lowest BCUT2D eigenvalue weighted by Gasteiger charge is -2.29. The molecule has 0 aliphatic rings. The first-order chi connectivity index (χ1) is 17.6. The number of hydrogen-bond acceptors (Lipinski definition) is 6. The zero-order valence-corrected chi connectivity index (χ0v) is 20.8. The van der Waals surface area contributed by atoms with Crippen molar-refractivity contribution in [1.82, 2.24) is 15.2 Å². The van der Waals surface area contributed by atoms with Crippen LogP contribution in [-0.2, 0) is 19.6 Å². The molecule has 4 rings (SSSR count). The van der Waals surface area contributed by atoms with Crippen molar-refractivity contribution < 1.29 is 18.7 Å². The SMILES string of the molecule is COc1ccc(CN(Cc2nc(C(=O)NCc3ccccc3)co2)C(C)c2ccccc2)c(OC)c1. The summed E-state index contributed by atoms with van der Waals surface area (Å²) in [6.45, 7) is 3.57. The number of nitrogens with zero attached hydrogens (tertiary/aromatic N) is 2. The average molecular weight is 486 g/mol. The zero-order valence-electron chi connectivity index (χ0n) is 20.8. The molecule has 0 bridgehead atoms. The summed E-state index contributed by atoms with van der Waals surface area (Å²) in [5, 5.41) is 2.89.